The standard InChI is InChI=1S/C9H13N3/c1-7-2-8(4-10-3-7)12-9-5-11-6-9/h2-4,9,11-12H,5-6H2,1H3. The molecule has 1 aromatic rings. The van der Waals surface area contributed by atoms with Crippen LogP contribution in [-0.4, -0.2) is 24.1 Å². The lowest BCUT2D eigenvalue weighted by Gasteiger charge is -2.28. The molecule has 0 aromatic carbocycles. The van der Waals surface area contributed by atoms with E-state index in [4.69, 9.17) is 0 Å². The fraction of sp³-hybridized carbons (Fsp3) is 0.444. The third kappa shape index (κ3) is 1.56. The highest BCUT2D eigenvalue weighted by molar-refractivity contribution is 5.44. The number of hydrogen-bond acceptors (Lipinski definition) is 3. The third-order valence-electron chi connectivity index (χ3n) is 2.03. The molecular formula is C9H13N3. The summed E-state index contributed by atoms with van der Waals surface area (Å²) in [6, 6.07) is 2.71. The van der Waals surface area contributed by atoms with Crippen molar-refractivity contribution in [3.8, 4) is 0 Å². The van der Waals surface area contributed by atoms with Crippen LogP contribution in [0.1, 0.15) is 5.56 Å². The number of nitrogens with zero attached hydrogens (tertiary/aromatic N) is 1. The summed E-state index contributed by atoms with van der Waals surface area (Å²) in [5.41, 5.74) is 2.33. The van der Waals surface area contributed by atoms with E-state index >= 15 is 0 Å². The van der Waals surface area contributed by atoms with Gasteiger partial charge in [0.05, 0.1) is 11.7 Å². The van der Waals surface area contributed by atoms with Crippen LogP contribution >= 0.6 is 0 Å². The Morgan fingerprint density at radius 1 is 1.50 bits per heavy atom. The molecule has 1 aromatic heterocycles. The summed E-state index contributed by atoms with van der Waals surface area (Å²) in [4.78, 5) is 4.11. The molecule has 1 saturated heterocycles. The van der Waals surface area contributed by atoms with Gasteiger partial charge in [-0.1, -0.05) is 0 Å². The Balaban J connectivity index is 2.02. The number of aryl methyl sites for hydroxylation is 1. The maximum Gasteiger partial charge on any atom is 0.0532 e. The number of anilines is 1. The van der Waals surface area contributed by atoms with E-state index < -0.39 is 0 Å². The smallest absolute Gasteiger partial charge is 0.0532 e. The largest absolute Gasteiger partial charge is 0.378 e. The minimum atomic E-state index is 0.591. The average molecular weight is 163 g/mol. The predicted molar refractivity (Wildman–Crippen MR) is 49.3 cm³/mol. The molecule has 3 nitrogen and oxygen atoms in total. The van der Waals surface area contributed by atoms with Crippen LogP contribution in [0.25, 0.3) is 0 Å². The van der Waals surface area contributed by atoms with Gasteiger partial charge >= 0.3 is 0 Å². The van der Waals surface area contributed by atoms with E-state index in [0.29, 0.717) is 6.04 Å². The van der Waals surface area contributed by atoms with E-state index in [1.54, 1.807) is 0 Å². The van der Waals surface area contributed by atoms with Gasteiger partial charge < -0.3 is 10.6 Å². The van der Waals surface area contributed by atoms with E-state index in [9.17, 15) is 0 Å². The second-order valence-electron chi connectivity index (χ2n) is 3.25. The Morgan fingerprint density at radius 2 is 2.33 bits per heavy atom. The predicted octanol–water partition coefficient (Wildman–Crippen LogP) is 0.774. The lowest BCUT2D eigenvalue weighted by molar-refractivity contribution is 0.472. The van der Waals surface area contributed by atoms with E-state index in [0.717, 1.165) is 18.8 Å². The highest BCUT2D eigenvalue weighted by Gasteiger charge is 2.15. The molecule has 0 saturated carbocycles. The lowest BCUT2D eigenvalue weighted by Crippen LogP contribution is -2.51. The first-order valence-electron chi connectivity index (χ1n) is 4.23. The summed E-state index contributed by atoms with van der Waals surface area (Å²) in [6.07, 6.45) is 3.73. The molecule has 1 fully saturated rings. The first kappa shape index (κ1) is 7.55. The molecule has 64 valence electrons. The molecule has 2 N–H and O–H groups in total. The molecule has 0 aliphatic carbocycles. The Hall–Kier alpha value is -1.09. The van der Waals surface area contributed by atoms with Gasteiger partial charge in [-0.3, -0.25) is 4.98 Å². The van der Waals surface area contributed by atoms with Crippen LogP contribution in [0, 0.1) is 6.92 Å². The van der Waals surface area contributed by atoms with Crippen molar-refractivity contribution < 1.29 is 0 Å². The van der Waals surface area contributed by atoms with Gasteiger partial charge in [-0.05, 0) is 18.6 Å². The molecular weight excluding hydrogens is 150 g/mol. The summed E-state index contributed by atoms with van der Waals surface area (Å²) >= 11 is 0. The SMILES string of the molecule is Cc1cncc(NC2CNC2)c1. The monoisotopic (exact) mass is 163 g/mol. The molecule has 0 radical (unpaired) electrons. The van der Waals surface area contributed by atoms with Crippen LogP contribution in [0.15, 0.2) is 18.5 Å². The molecule has 1 aliphatic heterocycles. The molecule has 0 bridgehead atoms. The first-order chi connectivity index (χ1) is 5.84. The van der Waals surface area contributed by atoms with Crippen molar-refractivity contribution in [1.29, 1.82) is 0 Å². The maximum atomic E-state index is 4.11. The second-order valence-corrected chi connectivity index (χ2v) is 3.25. The number of pyridine rings is 1. The van der Waals surface area contributed by atoms with E-state index in [1.807, 2.05) is 12.4 Å². The summed E-state index contributed by atoms with van der Waals surface area (Å²) < 4.78 is 0. The van der Waals surface area contributed by atoms with Crippen LogP contribution in [-0.2, 0) is 0 Å². The average Bonchev–Trinajstić information content (AvgIpc) is 1.97. The molecule has 2 rings (SSSR count). The van der Waals surface area contributed by atoms with Gasteiger partial charge in [-0.25, -0.2) is 0 Å². The van der Waals surface area contributed by atoms with Gasteiger partial charge in [0.1, 0.15) is 0 Å². The second kappa shape index (κ2) is 3.11. The number of hydrogen-bond donors (Lipinski definition) is 2. The third-order valence-corrected chi connectivity index (χ3v) is 2.03. The Kier molecular flexibility index (Phi) is 1.96. The van der Waals surface area contributed by atoms with Crippen molar-refractivity contribution >= 4 is 5.69 Å². The van der Waals surface area contributed by atoms with Crippen molar-refractivity contribution in [2.24, 2.45) is 0 Å². The minimum Gasteiger partial charge on any atom is -0.378 e. The topological polar surface area (TPSA) is 37.0 Å². The molecule has 0 unspecified atom stereocenters. The Morgan fingerprint density at radius 3 is 2.92 bits per heavy atom. The van der Waals surface area contributed by atoms with Gasteiger partial charge in [0.25, 0.3) is 0 Å². The zero-order chi connectivity index (χ0) is 8.39. The molecule has 0 spiro atoms. The molecule has 3 heteroatoms. The molecule has 2 heterocycles. The van der Waals surface area contributed by atoms with Crippen LogP contribution in [0.2, 0.25) is 0 Å². The lowest BCUT2D eigenvalue weighted by atomic mass is 10.1. The number of aromatic nitrogens is 1. The quantitative estimate of drug-likeness (QED) is 0.676. The summed E-state index contributed by atoms with van der Waals surface area (Å²) in [5, 5.41) is 6.61. The maximum absolute atomic E-state index is 4.11. The van der Waals surface area contributed by atoms with Crippen LogP contribution in [0.5, 0.6) is 0 Å². The van der Waals surface area contributed by atoms with Crippen LogP contribution < -0.4 is 10.6 Å². The zero-order valence-electron chi connectivity index (χ0n) is 7.17. The normalized spacial score (nSPS) is 17.1. The fourth-order valence-electron chi connectivity index (χ4n) is 1.26. The van der Waals surface area contributed by atoms with Crippen molar-refractivity contribution in [1.82, 2.24) is 10.3 Å². The van der Waals surface area contributed by atoms with E-state index in [2.05, 4.69) is 28.6 Å². The highest BCUT2D eigenvalue weighted by Crippen LogP contribution is 2.09. The van der Waals surface area contributed by atoms with Crippen molar-refractivity contribution in [3.63, 3.8) is 0 Å². The Bertz CT molecular complexity index is 268. The molecule has 1 aliphatic rings. The summed E-state index contributed by atoms with van der Waals surface area (Å²) in [5.74, 6) is 0. The summed E-state index contributed by atoms with van der Waals surface area (Å²) in [7, 11) is 0. The summed E-state index contributed by atoms with van der Waals surface area (Å²) in [6.45, 7) is 4.18. The first-order valence-corrected chi connectivity index (χ1v) is 4.23. The van der Waals surface area contributed by atoms with Gasteiger partial charge in [-0.15, -0.1) is 0 Å². The van der Waals surface area contributed by atoms with E-state index in [-0.39, 0.29) is 0 Å². The van der Waals surface area contributed by atoms with Gasteiger partial charge in [0, 0.05) is 25.5 Å². The molecule has 12 heavy (non-hydrogen) atoms. The van der Waals surface area contributed by atoms with Crippen molar-refractivity contribution in [2.45, 2.75) is 13.0 Å². The van der Waals surface area contributed by atoms with Gasteiger partial charge in [0.2, 0.25) is 0 Å². The number of nitrogens with one attached hydrogen (secondary N) is 2. The van der Waals surface area contributed by atoms with Gasteiger partial charge in [0.15, 0.2) is 0 Å². The van der Waals surface area contributed by atoms with Gasteiger partial charge in [-0.2, -0.15) is 0 Å². The van der Waals surface area contributed by atoms with Crippen molar-refractivity contribution in [3.05, 3.63) is 24.0 Å². The Labute approximate surface area is 72.2 Å². The molecule has 0 atom stereocenters. The minimum absolute atomic E-state index is 0.591. The van der Waals surface area contributed by atoms with Crippen LogP contribution in [0.4, 0.5) is 5.69 Å². The number of rotatable bonds is 2. The highest BCUT2D eigenvalue weighted by atomic mass is 15.1. The fourth-order valence-corrected chi connectivity index (χ4v) is 1.26. The zero-order valence-corrected chi connectivity index (χ0v) is 7.17. The molecule has 0 amide bonds. The van der Waals surface area contributed by atoms with Crippen molar-refractivity contribution in [2.75, 3.05) is 18.4 Å². The van der Waals surface area contributed by atoms with E-state index in [1.165, 1.54) is 5.56 Å². The van der Waals surface area contributed by atoms with Crippen LogP contribution in [0.3, 0.4) is 0 Å².